The van der Waals surface area contributed by atoms with Crippen molar-refractivity contribution in [3.05, 3.63) is 120 Å². The molecule has 0 amide bonds. The van der Waals surface area contributed by atoms with Crippen molar-refractivity contribution in [3.63, 3.8) is 0 Å². The summed E-state index contributed by atoms with van der Waals surface area (Å²) < 4.78 is 0. The van der Waals surface area contributed by atoms with E-state index in [1.54, 1.807) is 24.3 Å². The van der Waals surface area contributed by atoms with E-state index in [9.17, 15) is 10.1 Å². The molecule has 0 saturated heterocycles. The molecule has 124 valence electrons. The molecule has 3 aromatic carbocycles. The van der Waals surface area contributed by atoms with Crippen molar-refractivity contribution in [3.8, 4) is 6.07 Å². The molecular weight excluding hydrogens is 318 g/mol. The van der Waals surface area contributed by atoms with E-state index >= 15 is 0 Å². The normalized spacial score (nSPS) is 11.7. The van der Waals surface area contributed by atoms with Gasteiger partial charge in [0.15, 0.2) is 5.78 Å². The van der Waals surface area contributed by atoms with Crippen LogP contribution in [0.4, 0.5) is 0 Å². The van der Waals surface area contributed by atoms with Gasteiger partial charge in [-0.1, -0.05) is 91.0 Å². The Morgan fingerprint density at radius 3 is 1.62 bits per heavy atom. The van der Waals surface area contributed by atoms with Crippen LogP contribution < -0.4 is 0 Å². The number of hydrogen-bond acceptors (Lipinski definition) is 2. The molecule has 0 saturated carbocycles. The van der Waals surface area contributed by atoms with Gasteiger partial charge in [0.2, 0.25) is 0 Å². The van der Waals surface area contributed by atoms with Gasteiger partial charge in [0, 0.05) is 5.56 Å². The molecule has 0 aromatic heterocycles. The minimum Gasteiger partial charge on any atom is -0.289 e. The molecule has 3 aromatic rings. The predicted octanol–water partition coefficient (Wildman–Crippen LogP) is 5.56. The predicted molar refractivity (Wildman–Crippen MR) is 105 cm³/mol. The number of rotatable bonds is 5. The molecule has 0 atom stereocenters. The van der Waals surface area contributed by atoms with E-state index in [1.165, 1.54) is 0 Å². The second kappa shape index (κ2) is 8.41. The maximum Gasteiger partial charge on any atom is 0.186 e. The maximum atomic E-state index is 12.6. The van der Waals surface area contributed by atoms with Gasteiger partial charge in [0.1, 0.15) is 0 Å². The van der Waals surface area contributed by atoms with Crippen LogP contribution in [0, 0.1) is 11.3 Å². The van der Waals surface area contributed by atoms with Crippen LogP contribution in [0.2, 0.25) is 0 Å². The zero-order chi connectivity index (χ0) is 18.2. The van der Waals surface area contributed by atoms with Crippen LogP contribution in [0.5, 0.6) is 0 Å². The first-order valence-electron chi connectivity index (χ1n) is 8.31. The van der Waals surface area contributed by atoms with Crippen molar-refractivity contribution in [2.45, 2.75) is 0 Å². The third kappa shape index (κ3) is 4.23. The van der Waals surface area contributed by atoms with E-state index in [1.807, 2.05) is 78.9 Å². The first-order valence-corrected chi connectivity index (χ1v) is 8.31. The lowest BCUT2D eigenvalue weighted by molar-refractivity contribution is 0.104. The van der Waals surface area contributed by atoms with Crippen molar-refractivity contribution in [1.29, 1.82) is 5.26 Å². The van der Waals surface area contributed by atoms with Gasteiger partial charge >= 0.3 is 0 Å². The number of nitrogens with zero attached hydrogens (tertiary/aromatic N) is 1. The lowest BCUT2D eigenvalue weighted by atomic mass is 9.97. The summed E-state index contributed by atoms with van der Waals surface area (Å²) in [5, 5.41) is 9.60. The van der Waals surface area contributed by atoms with E-state index in [-0.39, 0.29) is 5.78 Å². The quantitative estimate of drug-likeness (QED) is 0.265. The molecular formula is C24H17NO. The van der Waals surface area contributed by atoms with Gasteiger partial charge in [-0.05, 0) is 28.9 Å². The highest BCUT2D eigenvalue weighted by atomic mass is 16.1. The first kappa shape index (κ1) is 17.1. The molecule has 0 spiro atoms. The average molecular weight is 335 g/mol. The van der Waals surface area contributed by atoms with E-state index in [0.717, 1.165) is 11.1 Å². The Morgan fingerprint density at radius 1 is 0.654 bits per heavy atom. The van der Waals surface area contributed by atoms with Crippen LogP contribution in [0.15, 0.2) is 103 Å². The van der Waals surface area contributed by atoms with Gasteiger partial charge in [0.25, 0.3) is 0 Å². The maximum absolute atomic E-state index is 12.6. The number of ketones is 1. The lowest BCUT2D eigenvalue weighted by Crippen LogP contribution is -1.96. The van der Waals surface area contributed by atoms with Gasteiger partial charge in [-0.25, -0.2) is 0 Å². The standard InChI is InChI=1S/C24H17NO/c25-18-23(20-12-6-2-7-13-20)16-22(19-10-4-1-5-11-19)17-24(26)21-14-8-3-9-15-21/h1-17H/b22-17+,23-16+. The molecule has 0 unspecified atom stereocenters. The zero-order valence-electron chi connectivity index (χ0n) is 14.2. The fourth-order valence-corrected chi connectivity index (χ4v) is 2.62. The third-order valence-electron chi connectivity index (χ3n) is 3.96. The van der Waals surface area contributed by atoms with Crippen molar-refractivity contribution < 1.29 is 4.79 Å². The molecule has 26 heavy (non-hydrogen) atoms. The van der Waals surface area contributed by atoms with Crippen LogP contribution in [0.25, 0.3) is 11.1 Å². The summed E-state index contributed by atoms with van der Waals surface area (Å²) in [6, 6.07) is 30.4. The molecule has 2 nitrogen and oxygen atoms in total. The third-order valence-corrected chi connectivity index (χ3v) is 3.96. The second-order valence-corrected chi connectivity index (χ2v) is 5.73. The smallest absolute Gasteiger partial charge is 0.186 e. The summed E-state index contributed by atoms with van der Waals surface area (Å²) in [5.74, 6) is -0.0916. The molecule has 0 bridgehead atoms. The monoisotopic (exact) mass is 335 g/mol. The van der Waals surface area contributed by atoms with Crippen LogP contribution in [-0.4, -0.2) is 5.78 Å². The van der Waals surface area contributed by atoms with Crippen LogP contribution >= 0.6 is 0 Å². The van der Waals surface area contributed by atoms with E-state index < -0.39 is 0 Å². The summed E-state index contributed by atoms with van der Waals surface area (Å²) in [6.07, 6.45) is 3.36. The molecule has 0 fully saturated rings. The van der Waals surface area contributed by atoms with Gasteiger partial charge in [0.05, 0.1) is 11.6 Å². The summed E-state index contributed by atoms with van der Waals surface area (Å²) in [7, 11) is 0. The minimum absolute atomic E-state index is 0.0916. The Kier molecular flexibility index (Phi) is 5.54. The lowest BCUT2D eigenvalue weighted by Gasteiger charge is -2.05. The summed E-state index contributed by atoms with van der Waals surface area (Å²) in [6.45, 7) is 0. The van der Waals surface area contributed by atoms with Crippen LogP contribution in [0.3, 0.4) is 0 Å². The molecule has 3 rings (SSSR count). The minimum atomic E-state index is -0.0916. The number of allylic oxidation sites excluding steroid dienone is 4. The number of carbonyl (C=O) groups is 1. The number of nitriles is 1. The van der Waals surface area contributed by atoms with Crippen molar-refractivity contribution >= 4 is 16.9 Å². The molecule has 0 heterocycles. The fraction of sp³-hybridized carbons (Fsp3) is 0. The Bertz CT molecular complexity index is 979. The molecule has 0 aliphatic carbocycles. The number of hydrogen-bond donors (Lipinski definition) is 0. The molecule has 0 N–H and O–H groups in total. The molecule has 0 aliphatic rings. The fourth-order valence-electron chi connectivity index (χ4n) is 2.62. The van der Waals surface area contributed by atoms with E-state index in [4.69, 9.17) is 0 Å². The van der Waals surface area contributed by atoms with Gasteiger partial charge in [-0.2, -0.15) is 5.26 Å². The van der Waals surface area contributed by atoms with Crippen molar-refractivity contribution in [2.24, 2.45) is 0 Å². The Hall–Kier alpha value is -3.70. The molecule has 0 radical (unpaired) electrons. The van der Waals surface area contributed by atoms with E-state index in [0.29, 0.717) is 16.7 Å². The van der Waals surface area contributed by atoms with Gasteiger partial charge < -0.3 is 0 Å². The molecule has 0 aliphatic heterocycles. The van der Waals surface area contributed by atoms with Crippen molar-refractivity contribution in [2.75, 3.05) is 0 Å². The Morgan fingerprint density at radius 2 is 1.12 bits per heavy atom. The molecule has 2 heteroatoms. The summed E-state index contributed by atoms with van der Waals surface area (Å²) in [4.78, 5) is 12.6. The average Bonchev–Trinajstić information content (AvgIpc) is 2.73. The zero-order valence-corrected chi connectivity index (χ0v) is 14.2. The van der Waals surface area contributed by atoms with Crippen molar-refractivity contribution in [1.82, 2.24) is 0 Å². The van der Waals surface area contributed by atoms with Gasteiger partial charge in [-0.3, -0.25) is 4.79 Å². The second-order valence-electron chi connectivity index (χ2n) is 5.73. The number of carbonyl (C=O) groups excluding carboxylic acids is 1. The number of benzene rings is 3. The summed E-state index contributed by atoms with van der Waals surface area (Å²) >= 11 is 0. The highest BCUT2D eigenvalue weighted by molar-refractivity contribution is 6.10. The van der Waals surface area contributed by atoms with Crippen LogP contribution in [-0.2, 0) is 0 Å². The highest BCUT2D eigenvalue weighted by Gasteiger charge is 2.08. The van der Waals surface area contributed by atoms with Crippen LogP contribution in [0.1, 0.15) is 21.5 Å². The SMILES string of the molecule is N#C/C(=C\C(=C/C(=O)c1ccccc1)c1ccccc1)c1ccccc1. The van der Waals surface area contributed by atoms with Gasteiger partial charge in [-0.15, -0.1) is 0 Å². The highest BCUT2D eigenvalue weighted by Crippen LogP contribution is 2.23. The van der Waals surface area contributed by atoms with E-state index in [2.05, 4.69) is 6.07 Å². The topological polar surface area (TPSA) is 40.9 Å². The summed E-state index contributed by atoms with van der Waals surface area (Å²) in [5.41, 5.74) is 3.55. The Balaban J connectivity index is 2.07. The Labute approximate surface area is 153 Å². The largest absolute Gasteiger partial charge is 0.289 e. The first-order chi connectivity index (χ1) is 12.8.